The monoisotopic (exact) mass is 1880 g/mol. The Hall–Kier alpha value is -10.7. The molecule has 1 heterocycles. The molecule has 0 spiro atoms. The molecule has 28 nitrogen and oxygen atoms in total. The normalized spacial score (nSPS) is 12.3. The van der Waals surface area contributed by atoms with Gasteiger partial charge in [-0.3, -0.25) is 43.2 Å². The average molecular weight is 1880 g/mol. The van der Waals surface area contributed by atoms with Crippen molar-refractivity contribution in [2.75, 3.05) is 20.8 Å². The van der Waals surface area contributed by atoms with E-state index in [4.69, 9.17) is 89.5 Å². The molecule has 0 N–H and O–H groups in total. The van der Waals surface area contributed by atoms with Crippen molar-refractivity contribution < 1.29 is 133 Å². The molecule has 0 amide bonds. The van der Waals surface area contributed by atoms with E-state index in [-0.39, 0.29) is 58.3 Å². The summed E-state index contributed by atoms with van der Waals surface area (Å²) in [4.78, 5) is 152. The fraction of sp³-hybridized carbons (Fsp3) is 0.545. The highest BCUT2D eigenvalue weighted by molar-refractivity contribution is 7.12. The number of carbonyl (C=O) groups is 13. The average Bonchev–Trinajstić information content (AvgIpc) is 0.933. The Labute approximate surface area is 781 Å². The molecule has 0 bridgehead atoms. The van der Waals surface area contributed by atoms with Gasteiger partial charge in [0.05, 0.1) is 47.2 Å². The quantitative estimate of drug-likeness (QED) is 0.0194. The van der Waals surface area contributed by atoms with E-state index in [2.05, 4.69) is 30.7 Å². The molecule has 0 saturated heterocycles. The van der Waals surface area contributed by atoms with Crippen molar-refractivity contribution in [2.24, 2.45) is 5.92 Å². The van der Waals surface area contributed by atoms with Gasteiger partial charge in [-0.05, 0) is 191 Å². The second-order valence-electron chi connectivity index (χ2n) is 30.2. The molecule has 0 aliphatic rings. The van der Waals surface area contributed by atoms with Gasteiger partial charge < -0.3 is 71.1 Å². The lowest BCUT2D eigenvalue weighted by atomic mass is 9.97. The molecule has 5 aromatic carbocycles. The summed E-state index contributed by atoms with van der Waals surface area (Å²) in [5.41, 5.74) is 3.49. The van der Waals surface area contributed by atoms with Crippen molar-refractivity contribution in [1.29, 1.82) is 0 Å². The van der Waals surface area contributed by atoms with E-state index < -0.39 is 104 Å². The highest BCUT2D eigenvalue weighted by Crippen LogP contribution is 2.30. The number of fused-ring (bicyclic) bond motifs is 1. The Bertz CT molecular complexity index is 4300. The number of halogens is 2. The summed E-state index contributed by atoms with van der Waals surface area (Å²) in [6.07, 6.45) is 9.32. The van der Waals surface area contributed by atoms with Gasteiger partial charge in [-0.1, -0.05) is 181 Å². The van der Waals surface area contributed by atoms with Crippen molar-refractivity contribution in [1.82, 2.24) is 0 Å². The van der Waals surface area contributed by atoms with Crippen LogP contribution in [-0.2, 0) is 116 Å². The highest BCUT2D eigenvalue weighted by Gasteiger charge is 2.29. The fourth-order valence-electron chi connectivity index (χ4n) is 11.2. The minimum absolute atomic E-state index is 0.0773. The second-order valence-corrected chi connectivity index (χ2v) is 31.9. The van der Waals surface area contributed by atoms with Gasteiger partial charge in [0.15, 0.2) is 6.61 Å². The first-order valence-corrected chi connectivity index (χ1v) is 46.6. The summed E-state index contributed by atoms with van der Waals surface area (Å²) < 4.78 is 77.1. The maximum Gasteiger partial charge on any atom is 0.351 e. The van der Waals surface area contributed by atoms with Gasteiger partial charge in [0, 0.05) is 84.0 Å². The van der Waals surface area contributed by atoms with E-state index >= 15 is 0 Å². The van der Waals surface area contributed by atoms with Crippen molar-refractivity contribution in [3.63, 3.8) is 0 Å². The first-order valence-electron chi connectivity index (χ1n) is 44.9. The maximum absolute atomic E-state index is 12.6. The zero-order chi connectivity index (χ0) is 97.5. The lowest BCUT2D eigenvalue weighted by molar-refractivity contribution is -0.193. The molecule has 130 heavy (non-hydrogen) atoms. The number of methoxy groups -OCH3 is 2. The van der Waals surface area contributed by atoms with Gasteiger partial charge >= 0.3 is 77.6 Å². The van der Waals surface area contributed by atoms with Gasteiger partial charge in [-0.25, -0.2) is 19.2 Å². The van der Waals surface area contributed by atoms with E-state index in [1.807, 2.05) is 139 Å². The predicted molar refractivity (Wildman–Crippen MR) is 495 cm³/mol. The van der Waals surface area contributed by atoms with E-state index in [1.165, 1.54) is 23.8 Å². The molecule has 8 atom stereocenters. The van der Waals surface area contributed by atoms with Gasteiger partial charge in [0.2, 0.25) is 37.7 Å². The van der Waals surface area contributed by atoms with Gasteiger partial charge in [0.25, 0.3) is 0 Å². The third kappa shape index (κ3) is 50.5. The van der Waals surface area contributed by atoms with Crippen molar-refractivity contribution in [2.45, 2.75) is 328 Å². The van der Waals surface area contributed by atoms with Gasteiger partial charge in [-0.15, -0.1) is 11.3 Å². The molecule has 31 heteroatoms. The fourth-order valence-corrected chi connectivity index (χ4v) is 12.4. The number of thiophene rings is 1. The Morgan fingerprint density at radius 3 is 1.04 bits per heavy atom. The van der Waals surface area contributed by atoms with Crippen molar-refractivity contribution >= 4 is 123 Å². The number of esters is 13. The van der Waals surface area contributed by atoms with Crippen LogP contribution in [0, 0.1) is 5.92 Å². The smallest absolute Gasteiger partial charge is 0.351 e. The zero-order valence-electron chi connectivity index (χ0n) is 79.2. The first kappa shape index (κ1) is 117. The number of rotatable bonds is 49. The standard InChI is InChI=1S/C22H28O5.C21H32O4.C16H22O5.C15H18Cl2O4.C13H18O4S.C12H20O6/c1-5-7-20(23)26-21(8-6-2)27-22(24)15(3)16-9-10-18-14-19(25-4)12-11-17(18)13-16;1-6-8-19(22)24-20(9-7-2)25-21(23)16(5)18-12-10-17(11-13-18)14-15(3)4;1-4-6-14(17)20-15(7-5-2)21-16(18)12-8-10-13(19-3)11-9-12;1-3-6-12(18)20-13(7-4-2)21-15(19)14-10(16)8-5-9-11(14)17;1-3-6-11(14)16-12(7-4-2)17-13(15)10-8-5-9-18-10;1-4-6-10(14)17-12(7-5-2)18-11(15)8-16-9(3)13/h9-15,21H,5-8H2,1-4H3;10-13,15-16,20H,6-9,14H2,1-5H3;8-11,15H,4-7H2,1-3H3;5,8-9,13H,3-4,6-7H2,1-2H3;5,8-9,12H,3-4,6-7H2,1-2H3;12H,4-8H2,1-3H3/t15-,21?;16-,20?;;;;/m11..../s1. The molecule has 722 valence electrons. The summed E-state index contributed by atoms with van der Waals surface area (Å²) in [6.45, 7) is 31.6. The minimum Gasteiger partial charge on any atom is -0.497 e. The second kappa shape index (κ2) is 69.3. The van der Waals surface area contributed by atoms with E-state index in [9.17, 15) is 62.3 Å². The summed E-state index contributed by atoms with van der Waals surface area (Å²) >= 11 is 13.2. The van der Waals surface area contributed by atoms with Crippen LogP contribution in [0.2, 0.25) is 10.0 Å². The highest BCUT2D eigenvalue weighted by atomic mass is 35.5. The number of benzene rings is 5. The lowest BCUT2D eigenvalue weighted by Gasteiger charge is -2.20. The molecule has 6 rings (SSSR count). The van der Waals surface area contributed by atoms with E-state index in [1.54, 1.807) is 81.1 Å². The van der Waals surface area contributed by atoms with Crippen LogP contribution in [0.3, 0.4) is 0 Å². The number of hydrogen-bond donors (Lipinski definition) is 0. The molecule has 6 unspecified atom stereocenters. The van der Waals surface area contributed by atoms with Crippen LogP contribution < -0.4 is 9.47 Å². The molecule has 0 radical (unpaired) electrons. The largest absolute Gasteiger partial charge is 0.497 e. The van der Waals surface area contributed by atoms with Crippen LogP contribution in [0.1, 0.15) is 331 Å². The van der Waals surface area contributed by atoms with Gasteiger partial charge in [-0.2, -0.15) is 0 Å². The van der Waals surface area contributed by atoms with E-state index in [0.29, 0.717) is 131 Å². The van der Waals surface area contributed by atoms with Gasteiger partial charge in [0.1, 0.15) is 16.4 Å². The van der Waals surface area contributed by atoms with E-state index in [0.717, 1.165) is 66.2 Å². The summed E-state index contributed by atoms with van der Waals surface area (Å²) in [7, 11) is 3.19. The first-order chi connectivity index (χ1) is 62.1. The van der Waals surface area contributed by atoms with Crippen LogP contribution in [0.4, 0.5) is 0 Å². The Morgan fingerprint density at radius 1 is 0.338 bits per heavy atom. The van der Waals surface area contributed by atoms with Crippen molar-refractivity contribution in [3.8, 4) is 11.5 Å². The molecule has 0 aliphatic carbocycles. The Kier molecular flexibility index (Phi) is 62.6. The van der Waals surface area contributed by atoms with Crippen LogP contribution in [-0.4, -0.2) is 136 Å². The number of hydrogen-bond acceptors (Lipinski definition) is 29. The van der Waals surface area contributed by atoms with Crippen LogP contribution >= 0.6 is 34.5 Å². The molecular formula is C99H138Cl2O28S. The number of ether oxygens (including phenoxy) is 15. The molecule has 6 aromatic rings. The predicted octanol–water partition coefficient (Wildman–Crippen LogP) is 22.8. The molecule has 0 fully saturated rings. The minimum atomic E-state index is -0.922. The Morgan fingerprint density at radius 2 is 0.677 bits per heavy atom. The third-order valence-corrected chi connectivity index (χ3v) is 19.4. The van der Waals surface area contributed by atoms with Crippen molar-refractivity contribution in [3.05, 3.63) is 163 Å². The topological polar surface area (TPSA) is 360 Å². The molecule has 0 saturated carbocycles. The number of carbonyl (C=O) groups excluding carboxylic acids is 13. The maximum atomic E-state index is 12.6. The Balaban J connectivity index is 0.000000785. The summed E-state index contributed by atoms with van der Waals surface area (Å²) in [5, 5.41) is 4.25. The lowest BCUT2D eigenvalue weighted by Crippen LogP contribution is -2.27. The molecular weight excluding hydrogens is 1740 g/mol. The third-order valence-electron chi connectivity index (χ3n) is 17.9. The molecule has 1 aromatic heterocycles. The van der Waals surface area contributed by atoms with Crippen LogP contribution in [0.15, 0.2) is 121 Å². The van der Waals surface area contributed by atoms with Crippen LogP contribution in [0.25, 0.3) is 10.8 Å². The SMILES string of the molecule is CCCC(=O)OC(CCC)OC(=O)COC(C)=O.CCCC(=O)OC(CCC)OC(=O)[C@H](C)c1ccc(CC(C)C)cc1.CCCC(=O)OC(CCC)OC(=O)[C@H](C)c1ccc2cc(OC)ccc2c1.CCCC(=O)OC(CCC)OC(=O)c1c(Cl)cccc1Cl.CCCC(=O)OC(CCC)OC(=O)c1ccc(OC)cc1.CCCC(=O)OC(CCC)OC(=O)c1cccs1. The summed E-state index contributed by atoms with van der Waals surface area (Å²) in [5.74, 6) is -4.64. The summed E-state index contributed by atoms with van der Waals surface area (Å²) in [6, 6.07) is 34.5. The zero-order valence-corrected chi connectivity index (χ0v) is 81.6. The molecule has 0 aliphatic heterocycles. The van der Waals surface area contributed by atoms with Crippen LogP contribution in [0.5, 0.6) is 11.5 Å².